The maximum absolute atomic E-state index is 6.14. The van der Waals surface area contributed by atoms with Gasteiger partial charge in [-0.15, -0.1) is 0 Å². The molecule has 3 aromatic rings. The molecule has 0 saturated heterocycles. The molecule has 3 rings (SSSR count). The largest absolute Gasteiger partial charge is 0.489 e. The predicted molar refractivity (Wildman–Crippen MR) is 111 cm³/mol. The predicted octanol–water partition coefficient (Wildman–Crippen LogP) is 7.49. The molecule has 6 heteroatoms. The van der Waals surface area contributed by atoms with E-state index in [-0.39, 0.29) is 0 Å². The third-order valence-electron chi connectivity index (χ3n) is 3.73. The Bertz CT molecular complexity index is 897. The van der Waals surface area contributed by atoms with Crippen LogP contribution in [0.5, 0.6) is 5.75 Å². The van der Waals surface area contributed by atoms with Crippen molar-refractivity contribution in [3.05, 3.63) is 91.9 Å². The van der Waals surface area contributed by atoms with E-state index < -0.39 is 0 Å². The summed E-state index contributed by atoms with van der Waals surface area (Å²) in [5.74, 6) is 0.752. The molecule has 0 amide bonds. The molecule has 26 heavy (non-hydrogen) atoms. The highest BCUT2D eigenvalue weighted by Gasteiger charge is 2.07. The van der Waals surface area contributed by atoms with Crippen molar-refractivity contribution in [3.8, 4) is 5.75 Å². The molecule has 2 nitrogen and oxygen atoms in total. The molecule has 0 radical (unpaired) electrons. The van der Waals surface area contributed by atoms with Gasteiger partial charge in [0.25, 0.3) is 0 Å². The molecule has 0 aromatic heterocycles. The third-order valence-corrected chi connectivity index (χ3v) is 4.95. The second kappa shape index (κ2) is 8.88. The Hall–Kier alpha value is -1.58. The van der Waals surface area contributed by atoms with Crippen molar-refractivity contribution >= 4 is 52.1 Å². The van der Waals surface area contributed by atoms with Crippen LogP contribution < -0.4 is 10.1 Å². The van der Waals surface area contributed by atoms with Gasteiger partial charge in [0.2, 0.25) is 0 Å². The highest BCUT2D eigenvalue weighted by molar-refractivity contribution is 6.42. The van der Waals surface area contributed by atoms with E-state index in [0.29, 0.717) is 33.2 Å². The lowest BCUT2D eigenvalue weighted by atomic mass is 10.2. The van der Waals surface area contributed by atoms with Crippen molar-refractivity contribution < 1.29 is 4.74 Å². The molecule has 0 heterocycles. The van der Waals surface area contributed by atoms with Crippen LogP contribution in [0, 0.1) is 0 Å². The zero-order chi connectivity index (χ0) is 18.5. The van der Waals surface area contributed by atoms with E-state index in [2.05, 4.69) is 5.32 Å². The molecular formula is C20H15Cl4NO. The SMILES string of the molecule is Clc1ccc(NCc2cc(Cl)ccc2OCc2ccc(Cl)c(Cl)c2)cc1. The lowest BCUT2D eigenvalue weighted by Gasteiger charge is -2.14. The Morgan fingerprint density at radius 1 is 0.731 bits per heavy atom. The second-order valence-electron chi connectivity index (χ2n) is 5.65. The Kier molecular flexibility index (Phi) is 6.55. The van der Waals surface area contributed by atoms with Gasteiger partial charge in [0.15, 0.2) is 0 Å². The van der Waals surface area contributed by atoms with Gasteiger partial charge in [0.05, 0.1) is 10.0 Å². The van der Waals surface area contributed by atoms with Gasteiger partial charge in [-0.3, -0.25) is 0 Å². The molecule has 0 spiro atoms. The van der Waals surface area contributed by atoms with Gasteiger partial charge in [0, 0.05) is 27.8 Å². The lowest BCUT2D eigenvalue weighted by Crippen LogP contribution is -2.04. The standard InChI is InChI=1S/C20H15Cl4NO/c21-15-2-5-17(6-3-15)25-11-14-10-16(22)4-8-20(14)26-12-13-1-7-18(23)19(24)9-13/h1-10,25H,11-12H2. The molecule has 0 bridgehead atoms. The van der Waals surface area contributed by atoms with Crippen molar-refractivity contribution in [3.63, 3.8) is 0 Å². The van der Waals surface area contributed by atoms with Gasteiger partial charge in [-0.25, -0.2) is 0 Å². The minimum Gasteiger partial charge on any atom is -0.489 e. The Balaban J connectivity index is 1.70. The normalized spacial score (nSPS) is 10.6. The van der Waals surface area contributed by atoms with Gasteiger partial charge < -0.3 is 10.1 Å². The van der Waals surface area contributed by atoms with E-state index in [0.717, 1.165) is 22.6 Å². The number of hydrogen-bond acceptors (Lipinski definition) is 2. The van der Waals surface area contributed by atoms with Crippen LogP contribution >= 0.6 is 46.4 Å². The number of nitrogens with one attached hydrogen (secondary N) is 1. The molecule has 3 aromatic carbocycles. The highest BCUT2D eigenvalue weighted by atomic mass is 35.5. The van der Waals surface area contributed by atoms with Crippen LogP contribution in [0.1, 0.15) is 11.1 Å². The first kappa shape index (κ1) is 19.2. The van der Waals surface area contributed by atoms with E-state index in [1.54, 1.807) is 18.2 Å². The van der Waals surface area contributed by atoms with Crippen molar-refractivity contribution in [1.29, 1.82) is 0 Å². The Morgan fingerprint density at radius 2 is 1.46 bits per heavy atom. The number of halogens is 4. The van der Waals surface area contributed by atoms with Crippen LogP contribution in [0.25, 0.3) is 0 Å². The molecule has 0 aliphatic carbocycles. The summed E-state index contributed by atoms with van der Waals surface area (Å²) in [5, 5.41) is 5.72. The number of ether oxygens (including phenoxy) is 1. The van der Waals surface area contributed by atoms with Crippen molar-refractivity contribution in [2.45, 2.75) is 13.2 Å². The summed E-state index contributed by atoms with van der Waals surface area (Å²) in [7, 11) is 0. The second-order valence-corrected chi connectivity index (χ2v) is 7.34. The summed E-state index contributed by atoms with van der Waals surface area (Å²) < 4.78 is 5.96. The number of hydrogen-bond donors (Lipinski definition) is 1. The lowest BCUT2D eigenvalue weighted by molar-refractivity contribution is 0.303. The molecular weight excluding hydrogens is 412 g/mol. The number of anilines is 1. The first-order valence-corrected chi connectivity index (χ1v) is 9.37. The summed E-state index contributed by atoms with van der Waals surface area (Å²) in [6.45, 7) is 0.950. The molecule has 0 unspecified atom stereocenters. The van der Waals surface area contributed by atoms with Crippen molar-refractivity contribution in [2.24, 2.45) is 0 Å². The van der Waals surface area contributed by atoms with Gasteiger partial charge in [-0.05, 0) is 60.2 Å². The van der Waals surface area contributed by atoms with Crippen molar-refractivity contribution in [2.75, 3.05) is 5.32 Å². The van der Waals surface area contributed by atoms with E-state index >= 15 is 0 Å². The highest BCUT2D eigenvalue weighted by Crippen LogP contribution is 2.27. The number of benzene rings is 3. The maximum atomic E-state index is 6.14. The van der Waals surface area contributed by atoms with Gasteiger partial charge in [-0.2, -0.15) is 0 Å². The quantitative estimate of drug-likeness (QED) is 0.440. The van der Waals surface area contributed by atoms with Crippen LogP contribution in [0.4, 0.5) is 5.69 Å². The molecule has 0 aliphatic heterocycles. The molecule has 1 N–H and O–H groups in total. The Morgan fingerprint density at radius 3 is 2.19 bits per heavy atom. The van der Waals surface area contributed by atoms with Gasteiger partial charge in [-0.1, -0.05) is 52.5 Å². The summed E-state index contributed by atoms with van der Waals surface area (Å²) >= 11 is 24.1. The van der Waals surface area contributed by atoms with Crippen LogP contribution in [0.2, 0.25) is 20.1 Å². The summed E-state index contributed by atoms with van der Waals surface area (Å²) in [5.41, 5.74) is 2.85. The molecule has 0 saturated carbocycles. The smallest absolute Gasteiger partial charge is 0.124 e. The minimum absolute atomic E-state index is 0.381. The van der Waals surface area contributed by atoms with Crippen LogP contribution in [-0.4, -0.2) is 0 Å². The van der Waals surface area contributed by atoms with Crippen LogP contribution in [0.3, 0.4) is 0 Å². The van der Waals surface area contributed by atoms with E-state index in [4.69, 9.17) is 51.1 Å². The fourth-order valence-corrected chi connectivity index (χ4v) is 3.02. The number of rotatable bonds is 6. The molecule has 0 atom stereocenters. The fraction of sp³-hybridized carbons (Fsp3) is 0.100. The van der Waals surface area contributed by atoms with Crippen LogP contribution in [-0.2, 0) is 13.2 Å². The average Bonchev–Trinajstić information content (AvgIpc) is 2.63. The monoisotopic (exact) mass is 425 g/mol. The first-order valence-electron chi connectivity index (χ1n) is 7.86. The average molecular weight is 427 g/mol. The maximum Gasteiger partial charge on any atom is 0.124 e. The van der Waals surface area contributed by atoms with Gasteiger partial charge >= 0.3 is 0 Å². The summed E-state index contributed by atoms with van der Waals surface area (Å²) in [4.78, 5) is 0. The van der Waals surface area contributed by atoms with E-state index in [1.165, 1.54) is 0 Å². The third kappa shape index (κ3) is 5.21. The van der Waals surface area contributed by atoms with E-state index in [1.807, 2.05) is 42.5 Å². The molecule has 134 valence electrons. The van der Waals surface area contributed by atoms with Crippen LogP contribution in [0.15, 0.2) is 60.7 Å². The summed E-state index contributed by atoms with van der Waals surface area (Å²) in [6.07, 6.45) is 0. The zero-order valence-electron chi connectivity index (χ0n) is 13.6. The fourth-order valence-electron chi connectivity index (χ4n) is 2.38. The van der Waals surface area contributed by atoms with Gasteiger partial charge in [0.1, 0.15) is 12.4 Å². The Labute approximate surface area is 172 Å². The van der Waals surface area contributed by atoms with E-state index in [9.17, 15) is 0 Å². The zero-order valence-corrected chi connectivity index (χ0v) is 16.6. The summed E-state index contributed by atoms with van der Waals surface area (Å²) in [6, 6.07) is 18.5. The topological polar surface area (TPSA) is 21.3 Å². The molecule has 0 aliphatic rings. The molecule has 0 fully saturated rings. The minimum atomic E-state index is 0.381. The first-order chi connectivity index (χ1) is 12.5. The van der Waals surface area contributed by atoms with Crippen molar-refractivity contribution in [1.82, 2.24) is 0 Å².